The molecule has 0 aromatic rings. The van der Waals surface area contributed by atoms with Crippen molar-refractivity contribution in [1.82, 2.24) is 0 Å². The monoisotopic (exact) mass is 809 g/mol. The number of hydrogen-bond acceptors (Lipinski definition) is 7. The first-order valence-corrected chi connectivity index (χ1v) is 24.4. The molecule has 56 heavy (non-hydrogen) atoms. The maximum atomic E-state index is 12.6. The molecule has 0 fully saturated rings. The van der Waals surface area contributed by atoms with Gasteiger partial charge in [0.25, 0.3) is 0 Å². The van der Waals surface area contributed by atoms with Gasteiger partial charge in [0, 0.05) is 12.8 Å². The summed E-state index contributed by atoms with van der Waals surface area (Å²) in [6.45, 7) is 5.43. The van der Waals surface area contributed by atoms with Gasteiger partial charge in [-0.15, -0.1) is 0 Å². The Morgan fingerprint density at radius 2 is 0.857 bits per heavy atom. The highest BCUT2D eigenvalue weighted by atomic mass is 31.2. The molecule has 0 saturated heterocycles. The third kappa shape index (κ3) is 41.6. The number of ether oxygens (including phenoxy) is 2. The van der Waals surface area contributed by atoms with Crippen molar-refractivity contribution >= 4 is 19.8 Å². The van der Waals surface area contributed by atoms with Gasteiger partial charge in [-0.05, 0) is 84.0 Å². The third-order valence-electron chi connectivity index (χ3n) is 9.61. The SMILES string of the molecule is CCCCC/C=C\C/C=C\CCCCCCCC(=O)OCC(COP(=O)(O)OCC)OC(=O)CCCCCCCCCCC/C=C\C/C=C\CCCCCCC. The van der Waals surface area contributed by atoms with Gasteiger partial charge in [-0.2, -0.15) is 0 Å². The van der Waals surface area contributed by atoms with E-state index in [4.69, 9.17) is 18.5 Å². The van der Waals surface area contributed by atoms with Crippen molar-refractivity contribution in [1.29, 1.82) is 0 Å². The highest BCUT2D eigenvalue weighted by Crippen LogP contribution is 2.43. The summed E-state index contributed by atoms with van der Waals surface area (Å²) in [6.07, 6.45) is 50.2. The number of unbranched alkanes of at least 4 members (excludes halogenated alkanes) is 22. The summed E-state index contributed by atoms with van der Waals surface area (Å²) in [4.78, 5) is 34.8. The molecule has 8 nitrogen and oxygen atoms in total. The van der Waals surface area contributed by atoms with E-state index in [0.29, 0.717) is 6.42 Å². The second-order valence-electron chi connectivity index (χ2n) is 15.1. The highest BCUT2D eigenvalue weighted by molar-refractivity contribution is 7.47. The molecular weight excluding hydrogens is 723 g/mol. The minimum Gasteiger partial charge on any atom is -0.462 e. The molecule has 0 rings (SSSR count). The van der Waals surface area contributed by atoms with E-state index in [1.807, 2.05) is 0 Å². The molecule has 0 radical (unpaired) electrons. The summed E-state index contributed by atoms with van der Waals surface area (Å²) in [5.74, 6) is -0.817. The molecule has 2 atom stereocenters. The number of allylic oxidation sites excluding steroid dienone is 8. The van der Waals surface area contributed by atoms with Gasteiger partial charge < -0.3 is 14.4 Å². The number of hydrogen-bond donors (Lipinski definition) is 1. The van der Waals surface area contributed by atoms with Crippen molar-refractivity contribution < 1.29 is 37.6 Å². The summed E-state index contributed by atoms with van der Waals surface area (Å²) in [7, 11) is -4.29. The molecule has 9 heteroatoms. The average molecular weight is 809 g/mol. The third-order valence-corrected chi connectivity index (χ3v) is 10.7. The van der Waals surface area contributed by atoms with Crippen LogP contribution in [-0.2, 0) is 32.7 Å². The van der Waals surface area contributed by atoms with E-state index < -0.39 is 26.5 Å². The number of carbonyl (C=O) groups excluding carboxylic acids is 2. The van der Waals surface area contributed by atoms with Gasteiger partial charge >= 0.3 is 19.8 Å². The first-order chi connectivity index (χ1) is 27.3. The van der Waals surface area contributed by atoms with Gasteiger partial charge in [-0.25, -0.2) is 4.57 Å². The molecule has 0 aromatic carbocycles. The number of phosphoric acid groups is 1. The van der Waals surface area contributed by atoms with Crippen LogP contribution in [0.1, 0.15) is 213 Å². The van der Waals surface area contributed by atoms with Crippen LogP contribution in [0.5, 0.6) is 0 Å². The highest BCUT2D eigenvalue weighted by Gasteiger charge is 2.25. The maximum Gasteiger partial charge on any atom is 0.472 e. The number of rotatable bonds is 42. The molecule has 0 aromatic heterocycles. The lowest BCUT2D eigenvalue weighted by Crippen LogP contribution is -2.29. The molecule has 326 valence electrons. The lowest BCUT2D eigenvalue weighted by atomic mass is 10.1. The first-order valence-electron chi connectivity index (χ1n) is 22.9. The Bertz CT molecular complexity index is 1050. The molecule has 0 aliphatic carbocycles. The van der Waals surface area contributed by atoms with Crippen molar-refractivity contribution in [3.63, 3.8) is 0 Å². The van der Waals surface area contributed by atoms with Gasteiger partial charge in [-0.3, -0.25) is 18.6 Å². The second-order valence-corrected chi connectivity index (χ2v) is 16.5. The fourth-order valence-electron chi connectivity index (χ4n) is 6.22. The van der Waals surface area contributed by atoms with E-state index >= 15 is 0 Å². The molecule has 1 N–H and O–H groups in total. The Morgan fingerprint density at radius 3 is 1.30 bits per heavy atom. The quantitative estimate of drug-likeness (QED) is 0.0281. The molecule has 0 amide bonds. The van der Waals surface area contributed by atoms with Gasteiger partial charge in [-0.1, -0.05) is 165 Å². The lowest BCUT2D eigenvalue weighted by molar-refractivity contribution is -0.161. The number of carbonyl (C=O) groups is 2. The predicted octanol–water partition coefficient (Wildman–Crippen LogP) is 14.6. The summed E-state index contributed by atoms with van der Waals surface area (Å²) in [6, 6.07) is 0. The second kappa shape index (κ2) is 42.6. The molecular formula is C47H85O8P. The van der Waals surface area contributed by atoms with E-state index in [1.54, 1.807) is 6.92 Å². The molecule has 0 saturated carbocycles. The molecule has 0 heterocycles. The van der Waals surface area contributed by atoms with Crippen LogP contribution in [0.4, 0.5) is 0 Å². The van der Waals surface area contributed by atoms with Crippen molar-refractivity contribution in [2.75, 3.05) is 19.8 Å². The Morgan fingerprint density at radius 1 is 0.482 bits per heavy atom. The van der Waals surface area contributed by atoms with Gasteiger partial charge in [0.05, 0.1) is 13.2 Å². The van der Waals surface area contributed by atoms with Crippen LogP contribution < -0.4 is 0 Å². The van der Waals surface area contributed by atoms with Crippen LogP contribution in [0, 0.1) is 0 Å². The van der Waals surface area contributed by atoms with Crippen molar-refractivity contribution in [2.45, 2.75) is 219 Å². The summed E-state index contributed by atoms with van der Waals surface area (Å²) >= 11 is 0. The zero-order chi connectivity index (χ0) is 41.1. The predicted molar refractivity (Wildman–Crippen MR) is 235 cm³/mol. The van der Waals surface area contributed by atoms with Gasteiger partial charge in [0.1, 0.15) is 6.61 Å². The summed E-state index contributed by atoms with van der Waals surface area (Å²) in [5.41, 5.74) is 0. The van der Waals surface area contributed by atoms with Crippen LogP contribution in [0.15, 0.2) is 48.6 Å². The minimum atomic E-state index is -4.29. The van der Waals surface area contributed by atoms with E-state index in [1.165, 1.54) is 103 Å². The number of phosphoric ester groups is 1. The van der Waals surface area contributed by atoms with Crippen molar-refractivity contribution in [2.24, 2.45) is 0 Å². The number of esters is 2. The topological polar surface area (TPSA) is 108 Å². The first kappa shape index (κ1) is 54.0. The van der Waals surface area contributed by atoms with Gasteiger partial charge in [0.15, 0.2) is 6.10 Å². The van der Waals surface area contributed by atoms with Crippen LogP contribution in [-0.4, -0.2) is 42.8 Å². The van der Waals surface area contributed by atoms with Crippen LogP contribution in [0.3, 0.4) is 0 Å². The maximum absolute atomic E-state index is 12.6. The van der Waals surface area contributed by atoms with Gasteiger partial charge in [0.2, 0.25) is 0 Å². The Balaban J connectivity index is 4.06. The summed E-state index contributed by atoms with van der Waals surface area (Å²) in [5, 5.41) is 0. The molecule has 0 aliphatic heterocycles. The Kier molecular flexibility index (Phi) is 41.1. The van der Waals surface area contributed by atoms with Crippen LogP contribution >= 0.6 is 7.82 Å². The summed E-state index contributed by atoms with van der Waals surface area (Å²) < 4.78 is 32.7. The van der Waals surface area contributed by atoms with E-state index in [9.17, 15) is 19.0 Å². The normalized spacial score (nSPS) is 13.7. The zero-order valence-electron chi connectivity index (χ0n) is 36.3. The fourth-order valence-corrected chi connectivity index (χ4v) is 6.97. The lowest BCUT2D eigenvalue weighted by Gasteiger charge is -2.19. The van der Waals surface area contributed by atoms with E-state index in [-0.39, 0.29) is 32.0 Å². The van der Waals surface area contributed by atoms with Crippen molar-refractivity contribution in [3.8, 4) is 0 Å². The smallest absolute Gasteiger partial charge is 0.462 e. The van der Waals surface area contributed by atoms with E-state index in [0.717, 1.165) is 70.6 Å². The largest absolute Gasteiger partial charge is 0.472 e. The molecule has 0 spiro atoms. The van der Waals surface area contributed by atoms with Crippen LogP contribution in [0.25, 0.3) is 0 Å². The molecule has 0 bridgehead atoms. The minimum absolute atomic E-state index is 0.00395. The van der Waals surface area contributed by atoms with Crippen LogP contribution in [0.2, 0.25) is 0 Å². The molecule has 0 aliphatic rings. The Hall–Kier alpha value is -1.99. The van der Waals surface area contributed by atoms with E-state index in [2.05, 4.69) is 62.5 Å². The fraction of sp³-hybridized carbons (Fsp3) is 0.787. The van der Waals surface area contributed by atoms with Crippen molar-refractivity contribution in [3.05, 3.63) is 48.6 Å². The average Bonchev–Trinajstić information content (AvgIpc) is 3.18. The molecule has 2 unspecified atom stereocenters. The standard InChI is InChI=1S/C47H85O8P/c1-4-7-9-11-13-15-17-19-21-22-23-24-25-26-28-30-32-34-36-38-40-42-47(49)55-45(44-54-56(50,51)53-6-3)43-52-46(48)41-39-37-35-33-31-29-27-20-18-16-14-12-10-8-5-2/h14,16-17,19-20,22-23,27,45H,4-13,15,18,21,24-26,28-44H2,1-3H3,(H,50,51)/b16-14-,19-17-,23-22-,27-20-. The zero-order valence-corrected chi connectivity index (χ0v) is 37.2. The Labute approximate surface area is 344 Å².